The van der Waals surface area contributed by atoms with Crippen LogP contribution in [-0.4, -0.2) is 29.6 Å². The van der Waals surface area contributed by atoms with Gasteiger partial charge in [-0.3, -0.25) is 4.79 Å². The number of thioether (sulfide) groups is 1. The van der Waals surface area contributed by atoms with Gasteiger partial charge in [0, 0.05) is 24.2 Å². The van der Waals surface area contributed by atoms with Crippen LogP contribution in [0.15, 0.2) is 23.1 Å². The van der Waals surface area contributed by atoms with E-state index in [-0.39, 0.29) is 11.2 Å². The minimum Gasteiger partial charge on any atom is -0.398 e. The van der Waals surface area contributed by atoms with E-state index in [0.29, 0.717) is 0 Å². The van der Waals surface area contributed by atoms with Gasteiger partial charge in [0.1, 0.15) is 0 Å². The quantitative estimate of drug-likeness (QED) is 0.798. The molecule has 1 aromatic carbocycles. The zero-order valence-corrected chi connectivity index (χ0v) is 10.4. The molecule has 4 heteroatoms. The molecule has 0 bridgehead atoms. The molecular weight excluding hydrogens is 220 g/mol. The lowest BCUT2D eigenvalue weighted by Gasteiger charge is -2.11. The molecule has 3 nitrogen and oxygen atoms in total. The third kappa shape index (κ3) is 2.16. The van der Waals surface area contributed by atoms with Gasteiger partial charge in [-0.15, -0.1) is 11.8 Å². The summed E-state index contributed by atoms with van der Waals surface area (Å²) in [5.41, 5.74) is 7.84. The molecule has 0 saturated carbocycles. The van der Waals surface area contributed by atoms with Crippen molar-refractivity contribution in [2.45, 2.75) is 23.5 Å². The first-order valence-electron chi connectivity index (χ1n) is 5.35. The molecule has 16 heavy (non-hydrogen) atoms. The molecular formula is C12H16N2OS. The molecule has 0 aliphatic carbocycles. The maximum absolute atomic E-state index is 11.8. The van der Waals surface area contributed by atoms with Gasteiger partial charge in [0.25, 0.3) is 0 Å². The second-order valence-electron chi connectivity index (χ2n) is 4.20. The summed E-state index contributed by atoms with van der Waals surface area (Å²) in [7, 11) is 1.85. The number of anilines is 1. The van der Waals surface area contributed by atoms with E-state index < -0.39 is 0 Å². The van der Waals surface area contributed by atoms with E-state index in [1.54, 1.807) is 16.7 Å². The number of aryl methyl sites for hydroxylation is 1. The van der Waals surface area contributed by atoms with Crippen molar-refractivity contribution in [2.75, 3.05) is 19.3 Å². The molecule has 2 N–H and O–H groups in total. The zero-order chi connectivity index (χ0) is 11.7. The summed E-state index contributed by atoms with van der Waals surface area (Å²) in [5, 5.41) is 0.0362. The predicted molar refractivity (Wildman–Crippen MR) is 67.5 cm³/mol. The van der Waals surface area contributed by atoms with Gasteiger partial charge in [-0.25, -0.2) is 0 Å². The lowest BCUT2D eigenvalue weighted by Crippen LogP contribution is -2.23. The number of amides is 1. The molecule has 1 aromatic rings. The third-order valence-electron chi connectivity index (χ3n) is 2.82. The Morgan fingerprint density at radius 1 is 1.50 bits per heavy atom. The van der Waals surface area contributed by atoms with E-state index >= 15 is 0 Å². The van der Waals surface area contributed by atoms with Gasteiger partial charge >= 0.3 is 0 Å². The van der Waals surface area contributed by atoms with Gasteiger partial charge < -0.3 is 10.6 Å². The van der Waals surface area contributed by atoms with Crippen LogP contribution in [-0.2, 0) is 4.79 Å². The van der Waals surface area contributed by atoms with E-state index in [2.05, 4.69) is 0 Å². The van der Waals surface area contributed by atoms with Crippen LogP contribution >= 0.6 is 11.8 Å². The first-order chi connectivity index (χ1) is 7.58. The number of benzene rings is 1. The molecule has 1 atom stereocenters. The summed E-state index contributed by atoms with van der Waals surface area (Å²) in [6.45, 7) is 2.88. The van der Waals surface area contributed by atoms with Crippen molar-refractivity contribution in [1.29, 1.82) is 0 Å². The van der Waals surface area contributed by atoms with Crippen molar-refractivity contribution in [3.63, 3.8) is 0 Å². The second-order valence-corrected chi connectivity index (χ2v) is 5.44. The molecule has 0 spiro atoms. The molecule has 0 radical (unpaired) electrons. The van der Waals surface area contributed by atoms with Crippen LogP contribution in [0.3, 0.4) is 0 Å². The van der Waals surface area contributed by atoms with Gasteiger partial charge in [0.15, 0.2) is 0 Å². The summed E-state index contributed by atoms with van der Waals surface area (Å²) in [6, 6.07) is 5.94. The maximum Gasteiger partial charge on any atom is 0.235 e. The molecule has 0 aromatic heterocycles. The molecule has 2 rings (SSSR count). The molecule has 1 aliphatic rings. The number of hydrogen-bond donors (Lipinski definition) is 1. The van der Waals surface area contributed by atoms with Gasteiger partial charge in [0.05, 0.1) is 5.25 Å². The van der Waals surface area contributed by atoms with Crippen molar-refractivity contribution >= 4 is 23.4 Å². The minimum absolute atomic E-state index is 0.0362. The highest BCUT2D eigenvalue weighted by Gasteiger charge is 2.30. The number of nitrogen functional groups attached to an aromatic ring is 1. The van der Waals surface area contributed by atoms with Crippen LogP contribution in [0.2, 0.25) is 0 Å². The monoisotopic (exact) mass is 236 g/mol. The van der Waals surface area contributed by atoms with Crippen LogP contribution in [0, 0.1) is 6.92 Å². The van der Waals surface area contributed by atoms with Crippen molar-refractivity contribution in [3.05, 3.63) is 23.8 Å². The fourth-order valence-electron chi connectivity index (χ4n) is 1.80. The first kappa shape index (κ1) is 11.3. The molecule has 86 valence electrons. The number of carbonyl (C=O) groups is 1. The number of carbonyl (C=O) groups excluding carboxylic acids is 1. The van der Waals surface area contributed by atoms with E-state index in [4.69, 9.17) is 5.73 Å². The number of nitrogens with two attached hydrogens (primary N) is 1. The van der Waals surface area contributed by atoms with Crippen molar-refractivity contribution < 1.29 is 4.79 Å². The van der Waals surface area contributed by atoms with Gasteiger partial charge in [-0.2, -0.15) is 0 Å². The third-order valence-corrected chi connectivity index (χ3v) is 4.15. The Kier molecular flexibility index (Phi) is 3.10. The Morgan fingerprint density at radius 3 is 2.88 bits per heavy atom. The van der Waals surface area contributed by atoms with E-state index in [9.17, 15) is 4.79 Å². The largest absolute Gasteiger partial charge is 0.398 e. The smallest absolute Gasteiger partial charge is 0.235 e. The summed E-state index contributed by atoms with van der Waals surface area (Å²) < 4.78 is 0. The first-order valence-corrected chi connectivity index (χ1v) is 6.23. The molecule has 1 fully saturated rings. The highest BCUT2D eigenvalue weighted by atomic mass is 32.2. The summed E-state index contributed by atoms with van der Waals surface area (Å²) in [4.78, 5) is 14.6. The van der Waals surface area contributed by atoms with E-state index in [1.807, 2.05) is 32.2 Å². The van der Waals surface area contributed by atoms with Crippen molar-refractivity contribution in [3.8, 4) is 0 Å². The van der Waals surface area contributed by atoms with E-state index in [1.165, 1.54) is 5.56 Å². The molecule has 1 heterocycles. The standard InChI is InChI=1S/C12H16N2OS/c1-8-3-4-9(13)11(7-8)16-10-5-6-14(2)12(10)15/h3-4,7,10H,5-6,13H2,1-2H3. The van der Waals surface area contributed by atoms with Gasteiger partial charge in [-0.05, 0) is 31.0 Å². The normalized spacial score (nSPS) is 20.5. The van der Waals surface area contributed by atoms with Gasteiger partial charge in [-0.1, -0.05) is 6.07 Å². The molecule has 1 unspecified atom stereocenters. The molecule has 1 amide bonds. The molecule has 1 aliphatic heterocycles. The zero-order valence-electron chi connectivity index (χ0n) is 9.56. The average molecular weight is 236 g/mol. The fourth-order valence-corrected chi connectivity index (χ4v) is 3.07. The van der Waals surface area contributed by atoms with Crippen LogP contribution in [0.25, 0.3) is 0 Å². The average Bonchev–Trinajstić information content (AvgIpc) is 2.55. The van der Waals surface area contributed by atoms with Crippen LogP contribution in [0.1, 0.15) is 12.0 Å². The SMILES string of the molecule is Cc1ccc(N)c(SC2CCN(C)C2=O)c1. The lowest BCUT2D eigenvalue weighted by molar-refractivity contribution is -0.126. The Hall–Kier alpha value is -1.16. The Labute approximate surface area is 100.0 Å². The summed E-state index contributed by atoms with van der Waals surface area (Å²) >= 11 is 1.59. The van der Waals surface area contributed by atoms with Crippen molar-refractivity contribution in [2.24, 2.45) is 0 Å². The highest BCUT2D eigenvalue weighted by Crippen LogP contribution is 2.34. The lowest BCUT2D eigenvalue weighted by atomic mass is 10.2. The Bertz CT molecular complexity index is 419. The summed E-state index contributed by atoms with van der Waals surface area (Å²) in [6.07, 6.45) is 0.910. The number of rotatable bonds is 2. The van der Waals surface area contributed by atoms with Gasteiger partial charge in [0.2, 0.25) is 5.91 Å². The number of nitrogens with zero attached hydrogens (tertiary/aromatic N) is 1. The fraction of sp³-hybridized carbons (Fsp3) is 0.417. The second kappa shape index (κ2) is 4.37. The number of likely N-dealkylation sites (tertiary alicyclic amines) is 1. The van der Waals surface area contributed by atoms with E-state index in [0.717, 1.165) is 23.5 Å². The van der Waals surface area contributed by atoms with Crippen LogP contribution in [0.5, 0.6) is 0 Å². The topological polar surface area (TPSA) is 46.3 Å². The predicted octanol–water partition coefficient (Wildman–Crippen LogP) is 1.90. The van der Waals surface area contributed by atoms with Crippen molar-refractivity contribution in [1.82, 2.24) is 4.90 Å². The van der Waals surface area contributed by atoms with Crippen LogP contribution < -0.4 is 5.73 Å². The molecule has 1 saturated heterocycles. The minimum atomic E-state index is 0.0362. The summed E-state index contributed by atoms with van der Waals surface area (Å²) in [5.74, 6) is 0.214. The Morgan fingerprint density at radius 2 is 2.25 bits per heavy atom. The van der Waals surface area contributed by atoms with Crippen LogP contribution in [0.4, 0.5) is 5.69 Å². The Balaban J connectivity index is 2.15. The maximum atomic E-state index is 11.8. The highest BCUT2D eigenvalue weighted by molar-refractivity contribution is 8.00. The number of hydrogen-bond acceptors (Lipinski definition) is 3.